The third kappa shape index (κ3) is 4.19. The van der Waals surface area contributed by atoms with Crippen molar-refractivity contribution >= 4 is 29.3 Å². The second-order valence-electron chi connectivity index (χ2n) is 4.79. The number of anilines is 3. The Labute approximate surface area is 145 Å². The predicted molar refractivity (Wildman–Crippen MR) is 89.2 cm³/mol. The van der Waals surface area contributed by atoms with Gasteiger partial charge in [0.15, 0.2) is 5.16 Å². The average Bonchev–Trinajstić information content (AvgIpc) is 2.58. The molecule has 0 aliphatic heterocycles. The van der Waals surface area contributed by atoms with E-state index in [1.807, 2.05) is 6.07 Å². The van der Waals surface area contributed by atoms with E-state index in [4.69, 9.17) is 11.0 Å². The fourth-order valence-corrected chi connectivity index (χ4v) is 2.65. The van der Waals surface area contributed by atoms with Gasteiger partial charge in [-0.2, -0.15) is 20.2 Å². The van der Waals surface area contributed by atoms with Gasteiger partial charge in [0.25, 0.3) is 0 Å². The van der Waals surface area contributed by atoms with E-state index in [2.05, 4.69) is 20.3 Å². The van der Waals surface area contributed by atoms with E-state index in [1.54, 1.807) is 24.3 Å². The SMILES string of the molecule is N#Cc1ccc(Nc2nc(N)nc(Sc3ccc(F)cc3F)n2)cc1. The second kappa shape index (κ2) is 7.11. The second-order valence-corrected chi connectivity index (χ2v) is 5.80. The number of benzene rings is 2. The molecule has 1 aromatic heterocycles. The molecule has 6 nitrogen and oxygen atoms in total. The minimum absolute atomic E-state index is 0.0452. The lowest BCUT2D eigenvalue weighted by atomic mass is 10.2. The van der Waals surface area contributed by atoms with Gasteiger partial charge in [-0.05, 0) is 48.2 Å². The van der Waals surface area contributed by atoms with E-state index in [9.17, 15) is 8.78 Å². The number of nitrogen functional groups attached to an aromatic ring is 1. The standard InChI is InChI=1S/C16H10F2N6S/c17-10-3-6-13(12(18)7-10)25-16-23-14(20)22-15(24-16)21-11-4-1-9(8-19)2-5-11/h1-7H,(H3,20,21,22,23,24). The number of nitrogens with one attached hydrogen (secondary N) is 1. The first-order chi connectivity index (χ1) is 12.0. The first kappa shape index (κ1) is 16.6. The highest BCUT2D eigenvalue weighted by Gasteiger charge is 2.11. The highest BCUT2D eigenvalue weighted by Crippen LogP contribution is 2.28. The Morgan fingerprint density at radius 3 is 2.48 bits per heavy atom. The van der Waals surface area contributed by atoms with Crippen LogP contribution in [0.25, 0.3) is 0 Å². The van der Waals surface area contributed by atoms with Crippen LogP contribution in [0.5, 0.6) is 0 Å². The van der Waals surface area contributed by atoms with Gasteiger partial charge < -0.3 is 11.1 Å². The number of aromatic nitrogens is 3. The number of hydrogen-bond acceptors (Lipinski definition) is 7. The van der Waals surface area contributed by atoms with Crippen molar-refractivity contribution in [2.45, 2.75) is 10.1 Å². The van der Waals surface area contributed by atoms with Gasteiger partial charge >= 0.3 is 0 Å². The fourth-order valence-electron chi connectivity index (χ4n) is 1.89. The van der Waals surface area contributed by atoms with E-state index in [0.717, 1.165) is 23.9 Å². The minimum atomic E-state index is -0.717. The van der Waals surface area contributed by atoms with E-state index in [0.29, 0.717) is 11.3 Å². The van der Waals surface area contributed by atoms with Crippen LogP contribution in [0.15, 0.2) is 52.5 Å². The summed E-state index contributed by atoms with van der Waals surface area (Å²) in [6, 6.07) is 11.9. The quantitative estimate of drug-likeness (QED) is 0.738. The normalized spacial score (nSPS) is 10.3. The third-order valence-electron chi connectivity index (χ3n) is 3.00. The summed E-state index contributed by atoms with van der Waals surface area (Å²) in [7, 11) is 0. The van der Waals surface area contributed by atoms with Crippen LogP contribution in [0.4, 0.5) is 26.4 Å². The summed E-state index contributed by atoms with van der Waals surface area (Å²) in [4.78, 5) is 12.2. The van der Waals surface area contributed by atoms with Crippen molar-refractivity contribution in [1.82, 2.24) is 15.0 Å². The van der Waals surface area contributed by atoms with Gasteiger partial charge in [0, 0.05) is 11.8 Å². The van der Waals surface area contributed by atoms with Crippen LogP contribution >= 0.6 is 11.8 Å². The zero-order valence-corrected chi connectivity index (χ0v) is 13.4. The Kier molecular flexibility index (Phi) is 4.72. The van der Waals surface area contributed by atoms with E-state index >= 15 is 0 Å². The van der Waals surface area contributed by atoms with Gasteiger partial charge in [-0.1, -0.05) is 0 Å². The molecule has 3 N–H and O–H groups in total. The maximum Gasteiger partial charge on any atom is 0.233 e. The molecule has 0 radical (unpaired) electrons. The lowest BCUT2D eigenvalue weighted by Crippen LogP contribution is -2.04. The summed E-state index contributed by atoms with van der Waals surface area (Å²) in [5.74, 6) is -1.26. The van der Waals surface area contributed by atoms with Crippen molar-refractivity contribution in [1.29, 1.82) is 5.26 Å². The largest absolute Gasteiger partial charge is 0.368 e. The van der Waals surface area contributed by atoms with Crippen LogP contribution in [-0.2, 0) is 0 Å². The first-order valence-corrected chi connectivity index (χ1v) is 7.77. The van der Waals surface area contributed by atoms with Crippen LogP contribution in [0.2, 0.25) is 0 Å². The lowest BCUT2D eigenvalue weighted by Gasteiger charge is -2.07. The van der Waals surface area contributed by atoms with Gasteiger partial charge in [-0.15, -0.1) is 0 Å². The van der Waals surface area contributed by atoms with Crippen molar-refractivity contribution in [2.24, 2.45) is 0 Å². The molecule has 9 heteroatoms. The predicted octanol–water partition coefficient (Wildman–Crippen LogP) is 3.50. The Balaban J connectivity index is 1.83. The van der Waals surface area contributed by atoms with Crippen LogP contribution in [0, 0.1) is 23.0 Å². The van der Waals surface area contributed by atoms with E-state index in [1.165, 1.54) is 6.07 Å². The summed E-state index contributed by atoms with van der Waals surface area (Å²) >= 11 is 0.901. The molecule has 0 bridgehead atoms. The molecule has 0 amide bonds. The summed E-state index contributed by atoms with van der Waals surface area (Å²) in [6.45, 7) is 0. The number of hydrogen-bond donors (Lipinski definition) is 2. The van der Waals surface area contributed by atoms with Crippen molar-refractivity contribution in [2.75, 3.05) is 11.1 Å². The van der Waals surface area contributed by atoms with Crippen molar-refractivity contribution in [3.63, 3.8) is 0 Å². The average molecular weight is 356 g/mol. The van der Waals surface area contributed by atoms with Crippen molar-refractivity contribution in [3.8, 4) is 6.07 Å². The highest BCUT2D eigenvalue weighted by molar-refractivity contribution is 7.99. The van der Waals surface area contributed by atoms with Crippen molar-refractivity contribution in [3.05, 3.63) is 59.7 Å². The Bertz CT molecular complexity index is 956. The molecule has 3 rings (SSSR count). The molecule has 0 fully saturated rings. The summed E-state index contributed by atoms with van der Waals surface area (Å²) in [6.07, 6.45) is 0. The Hall–Kier alpha value is -3.25. The maximum absolute atomic E-state index is 13.8. The molecule has 25 heavy (non-hydrogen) atoms. The first-order valence-electron chi connectivity index (χ1n) is 6.95. The molecule has 0 aliphatic rings. The molecule has 3 aromatic rings. The third-order valence-corrected chi connectivity index (χ3v) is 3.91. The van der Waals surface area contributed by atoms with E-state index < -0.39 is 11.6 Å². The number of nitrogens with two attached hydrogens (primary N) is 1. The summed E-state index contributed by atoms with van der Waals surface area (Å²) in [5.41, 5.74) is 6.83. The molecule has 0 saturated heterocycles. The number of nitrogens with zero attached hydrogens (tertiary/aromatic N) is 4. The zero-order valence-electron chi connectivity index (χ0n) is 12.6. The van der Waals surface area contributed by atoms with E-state index in [-0.39, 0.29) is 21.9 Å². The van der Waals surface area contributed by atoms with Gasteiger partial charge in [0.2, 0.25) is 11.9 Å². The minimum Gasteiger partial charge on any atom is -0.368 e. The smallest absolute Gasteiger partial charge is 0.233 e. The van der Waals surface area contributed by atoms with Crippen LogP contribution in [0.3, 0.4) is 0 Å². The molecule has 0 atom stereocenters. The molecule has 0 aliphatic carbocycles. The van der Waals surface area contributed by atoms with Crippen LogP contribution < -0.4 is 11.1 Å². The lowest BCUT2D eigenvalue weighted by molar-refractivity contribution is 0.565. The molecule has 0 saturated carbocycles. The van der Waals surface area contributed by atoms with Gasteiger partial charge in [-0.25, -0.2) is 8.78 Å². The molecule has 0 unspecified atom stereocenters. The molecule has 0 spiro atoms. The van der Waals surface area contributed by atoms with Gasteiger partial charge in [0.1, 0.15) is 11.6 Å². The maximum atomic E-state index is 13.8. The number of nitriles is 1. The van der Waals surface area contributed by atoms with Crippen LogP contribution in [0.1, 0.15) is 5.56 Å². The highest BCUT2D eigenvalue weighted by atomic mass is 32.2. The molecular formula is C16H10F2N6S. The zero-order chi connectivity index (χ0) is 17.8. The Morgan fingerprint density at radius 2 is 1.80 bits per heavy atom. The van der Waals surface area contributed by atoms with Crippen molar-refractivity contribution < 1.29 is 8.78 Å². The van der Waals surface area contributed by atoms with Crippen LogP contribution in [-0.4, -0.2) is 15.0 Å². The molecule has 2 aromatic carbocycles. The number of rotatable bonds is 4. The topological polar surface area (TPSA) is 101 Å². The van der Waals surface area contributed by atoms with Gasteiger partial charge in [0.05, 0.1) is 16.5 Å². The fraction of sp³-hybridized carbons (Fsp3) is 0. The summed E-state index contributed by atoms with van der Waals surface area (Å²) in [5, 5.41) is 11.9. The van der Waals surface area contributed by atoms with Gasteiger partial charge in [-0.3, -0.25) is 0 Å². The summed E-state index contributed by atoms with van der Waals surface area (Å²) < 4.78 is 26.7. The molecule has 1 heterocycles. The molecule has 124 valence electrons. The molecular weight excluding hydrogens is 346 g/mol. The Morgan fingerprint density at radius 1 is 1.04 bits per heavy atom. The monoisotopic (exact) mass is 356 g/mol. The number of halogens is 2.